The Morgan fingerprint density at radius 1 is 1.19 bits per heavy atom. The van der Waals surface area contributed by atoms with Crippen LogP contribution in [-0.4, -0.2) is 45.7 Å². The lowest BCUT2D eigenvalue weighted by molar-refractivity contribution is -0.138. The average molecular weight is 532 g/mol. The van der Waals surface area contributed by atoms with Gasteiger partial charge in [0.1, 0.15) is 5.75 Å². The highest BCUT2D eigenvalue weighted by atomic mass is 35.5. The molecule has 1 aliphatic rings. The minimum absolute atomic E-state index is 0.0218. The van der Waals surface area contributed by atoms with Gasteiger partial charge in [-0.1, -0.05) is 34.4 Å². The number of carboxylic acids is 1. The number of anilines is 1. The molecule has 2 aromatic carbocycles. The van der Waals surface area contributed by atoms with E-state index in [9.17, 15) is 9.59 Å². The molecule has 0 saturated carbocycles. The van der Waals surface area contributed by atoms with Gasteiger partial charge in [0.25, 0.3) is 5.91 Å². The van der Waals surface area contributed by atoms with Gasteiger partial charge >= 0.3 is 5.97 Å². The standard InChI is InChI=1S/C26H27Cl2N3O5/c1-15(2)35-23-8-6-17(11-21(23)28)29-26(34)22-13-24(36-30-22)19-7-5-16(10-20(19)27)14-31-9-3-4-18(31)12-25(32)33/h5-8,10-11,13,15,18H,3-4,9,12,14H2,1-2H3,(H,29,34)(H,32,33)/t18-/m0/s1. The number of hydrogen-bond donors (Lipinski definition) is 2. The second-order valence-electron chi connectivity index (χ2n) is 9.02. The monoisotopic (exact) mass is 531 g/mol. The third-order valence-electron chi connectivity index (χ3n) is 5.89. The van der Waals surface area contributed by atoms with Crippen molar-refractivity contribution >= 4 is 40.8 Å². The first-order valence-corrected chi connectivity index (χ1v) is 12.4. The van der Waals surface area contributed by atoms with Crippen LogP contribution >= 0.6 is 23.2 Å². The van der Waals surface area contributed by atoms with Gasteiger partial charge in [-0.05, 0) is 69.1 Å². The van der Waals surface area contributed by atoms with Gasteiger partial charge in [0, 0.05) is 29.9 Å². The molecule has 1 atom stereocenters. The van der Waals surface area contributed by atoms with Crippen LogP contribution in [0.15, 0.2) is 47.0 Å². The number of carboxylic acid groups (broad SMARTS) is 1. The number of benzene rings is 2. The highest BCUT2D eigenvalue weighted by molar-refractivity contribution is 6.33. The maximum atomic E-state index is 12.7. The Hall–Kier alpha value is -3.07. The van der Waals surface area contributed by atoms with Crippen LogP contribution in [0.2, 0.25) is 10.0 Å². The number of aliphatic carboxylic acids is 1. The molecule has 1 amide bonds. The molecule has 0 aliphatic carbocycles. The normalized spacial score (nSPS) is 15.9. The Labute approximate surface area is 219 Å². The maximum Gasteiger partial charge on any atom is 0.304 e. The number of amides is 1. The number of ether oxygens (including phenoxy) is 1. The van der Waals surface area contributed by atoms with Gasteiger partial charge in [0.15, 0.2) is 11.5 Å². The van der Waals surface area contributed by atoms with Gasteiger partial charge in [-0.2, -0.15) is 0 Å². The zero-order chi connectivity index (χ0) is 25.8. The molecule has 10 heteroatoms. The summed E-state index contributed by atoms with van der Waals surface area (Å²) in [6, 6.07) is 12.1. The summed E-state index contributed by atoms with van der Waals surface area (Å²) in [5.41, 5.74) is 2.17. The molecular weight excluding hydrogens is 505 g/mol. The predicted octanol–water partition coefficient (Wildman–Crippen LogP) is 6.13. The Morgan fingerprint density at radius 3 is 2.69 bits per heavy atom. The van der Waals surface area contributed by atoms with Crippen molar-refractivity contribution in [1.82, 2.24) is 10.1 Å². The van der Waals surface area contributed by atoms with Gasteiger partial charge in [-0.25, -0.2) is 0 Å². The second kappa shape index (κ2) is 11.3. The molecule has 1 fully saturated rings. The average Bonchev–Trinajstić information content (AvgIpc) is 3.45. The van der Waals surface area contributed by atoms with E-state index in [2.05, 4.69) is 15.4 Å². The second-order valence-corrected chi connectivity index (χ2v) is 9.84. The summed E-state index contributed by atoms with van der Waals surface area (Å²) < 4.78 is 11.0. The lowest BCUT2D eigenvalue weighted by Crippen LogP contribution is -2.30. The van der Waals surface area contributed by atoms with Crippen molar-refractivity contribution < 1.29 is 24.0 Å². The van der Waals surface area contributed by atoms with Crippen molar-refractivity contribution in [2.75, 3.05) is 11.9 Å². The smallest absolute Gasteiger partial charge is 0.304 e. The molecule has 0 radical (unpaired) electrons. The van der Waals surface area contributed by atoms with Crippen molar-refractivity contribution in [3.05, 3.63) is 63.8 Å². The van der Waals surface area contributed by atoms with Crippen LogP contribution < -0.4 is 10.1 Å². The molecule has 2 N–H and O–H groups in total. The molecule has 36 heavy (non-hydrogen) atoms. The van der Waals surface area contributed by atoms with Gasteiger partial charge < -0.3 is 19.7 Å². The van der Waals surface area contributed by atoms with Crippen LogP contribution in [0.1, 0.15) is 49.2 Å². The molecule has 8 nitrogen and oxygen atoms in total. The summed E-state index contributed by atoms with van der Waals surface area (Å²) in [7, 11) is 0. The summed E-state index contributed by atoms with van der Waals surface area (Å²) in [6.07, 6.45) is 1.97. The first kappa shape index (κ1) is 26.0. The fourth-order valence-electron chi connectivity index (χ4n) is 4.26. The van der Waals surface area contributed by atoms with Gasteiger partial charge in [0.05, 0.1) is 22.6 Å². The molecule has 1 aliphatic heterocycles. The van der Waals surface area contributed by atoms with Crippen molar-refractivity contribution in [3.63, 3.8) is 0 Å². The van der Waals surface area contributed by atoms with Gasteiger partial charge in [0.2, 0.25) is 0 Å². The Morgan fingerprint density at radius 2 is 2.00 bits per heavy atom. The summed E-state index contributed by atoms with van der Waals surface area (Å²) in [5.74, 6) is -0.343. The number of carbonyl (C=O) groups is 2. The minimum Gasteiger partial charge on any atom is -0.489 e. The number of carbonyl (C=O) groups excluding carboxylic acids is 1. The zero-order valence-corrected chi connectivity index (χ0v) is 21.5. The number of likely N-dealkylation sites (tertiary alicyclic amines) is 1. The van der Waals surface area contributed by atoms with Crippen molar-refractivity contribution in [2.45, 2.75) is 51.8 Å². The Kier molecular flexibility index (Phi) is 8.18. The summed E-state index contributed by atoms with van der Waals surface area (Å²) in [5, 5.41) is 16.6. The Bertz CT molecular complexity index is 1260. The van der Waals surface area contributed by atoms with E-state index < -0.39 is 11.9 Å². The van der Waals surface area contributed by atoms with Crippen molar-refractivity contribution in [3.8, 4) is 17.1 Å². The van der Waals surface area contributed by atoms with Crippen molar-refractivity contribution in [2.24, 2.45) is 0 Å². The SMILES string of the molecule is CC(C)Oc1ccc(NC(=O)c2cc(-c3ccc(CN4CCC[C@H]4CC(=O)O)cc3Cl)on2)cc1Cl. The molecule has 2 heterocycles. The van der Waals surface area contributed by atoms with E-state index in [4.69, 9.17) is 37.6 Å². The van der Waals surface area contributed by atoms with E-state index in [1.54, 1.807) is 18.2 Å². The lowest BCUT2D eigenvalue weighted by Gasteiger charge is -2.23. The predicted molar refractivity (Wildman–Crippen MR) is 138 cm³/mol. The molecule has 4 rings (SSSR count). The van der Waals surface area contributed by atoms with E-state index >= 15 is 0 Å². The molecule has 190 valence electrons. The van der Waals surface area contributed by atoms with E-state index in [0.717, 1.165) is 24.9 Å². The van der Waals surface area contributed by atoms with Gasteiger partial charge in [-0.15, -0.1) is 0 Å². The fraction of sp³-hybridized carbons (Fsp3) is 0.346. The van der Waals surface area contributed by atoms with Crippen LogP contribution in [0.5, 0.6) is 5.75 Å². The van der Waals surface area contributed by atoms with Crippen LogP contribution in [0, 0.1) is 0 Å². The van der Waals surface area contributed by atoms with Crippen molar-refractivity contribution in [1.29, 1.82) is 0 Å². The number of halogens is 2. The van der Waals surface area contributed by atoms with Crippen LogP contribution in [0.4, 0.5) is 5.69 Å². The molecule has 0 spiro atoms. The molecule has 1 saturated heterocycles. The largest absolute Gasteiger partial charge is 0.489 e. The first-order valence-electron chi connectivity index (χ1n) is 11.7. The summed E-state index contributed by atoms with van der Waals surface area (Å²) in [4.78, 5) is 26.0. The van der Waals surface area contributed by atoms with E-state index in [1.165, 1.54) is 6.07 Å². The summed E-state index contributed by atoms with van der Waals surface area (Å²) >= 11 is 12.8. The topological polar surface area (TPSA) is 105 Å². The molecule has 0 unspecified atom stereocenters. The molecular formula is C26H27Cl2N3O5. The summed E-state index contributed by atoms with van der Waals surface area (Å²) in [6.45, 7) is 5.28. The highest BCUT2D eigenvalue weighted by Crippen LogP contribution is 2.32. The number of hydrogen-bond acceptors (Lipinski definition) is 6. The van der Waals surface area contributed by atoms with E-state index in [1.807, 2.05) is 32.0 Å². The Balaban J connectivity index is 1.42. The minimum atomic E-state index is -0.786. The zero-order valence-electron chi connectivity index (χ0n) is 20.0. The van der Waals surface area contributed by atoms with E-state index in [-0.39, 0.29) is 24.3 Å². The maximum absolute atomic E-state index is 12.7. The molecule has 0 bridgehead atoms. The third-order valence-corrected chi connectivity index (χ3v) is 6.50. The highest BCUT2D eigenvalue weighted by Gasteiger charge is 2.26. The van der Waals surface area contributed by atoms with E-state index in [0.29, 0.717) is 39.4 Å². The number of nitrogens with zero attached hydrogens (tertiary/aromatic N) is 2. The lowest BCUT2D eigenvalue weighted by atomic mass is 10.1. The molecule has 3 aromatic rings. The van der Waals surface area contributed by atoms with Crippen LogP contribution in [-0.2, 0) is 11.3 Å². The van der Waals surface area contributed by atoms with Gasteiger partial charge in [-0.3, -0.25) is 14.5 Å². The van der Waals surface area contributed by atoms with Crippen LogP contribution in [0.25, 0.3) is 11.3 Å². The van der Waals surface area contributed by atoms with Crippen LogP contribution in [0.3, 0.4) is 0 Å². The number of rotatable bonds is 9. The first-order chi connectivity index (χ1) is 17.2. The number of nitrogens with one attached hydrogen (secondary N) is 1. The quantitative estimate of drug-likeness (QED) is 0.342. The number of aromatic nitrogens is 1. The molecule has 1 aromatic heterocycles. The third kappa shape index (κ3) is 6.37. The fourth-order valence-corrected chi connectivity index (χ4v) is 4.78.